The normalized spacial score (nSPS) is 12.6. The van der Waals surface area contributed by atoms with Crippen LogP contribution < -0.4 is 0 Å². The molecule has 0 rings (SSSR count). The third-order valence-corrected chi connectivity index (χ3v) is 12.2. The fourth-order valence-corrected chi connectivity index (χ4v) is 7.89. The number of carbonyl (C=O) groups is 3. The molecule has 0 amide bonds. The molecule has 0 saturated heterocycles. The Morgan fingerprint density at radius 1 is 0.313 bits per heavy atom. The lowest BCUT2D eigenvalue weighted by Crippen LogP contribution is -2.30. The number of hydrogen-bond acceptors (Lipinski definition) is 6. The summed E-state index contributed by atoms with van der Waals surface area (Å²) >= 11 is 0. The maximum Gasteiger partial charge on any atom is 0.306 e. The molecule has 6 nitrogen and oxygen atoms in total. The molecule has 0 radical (unpaired) electrons. The van der Waals surface area contributed by atoms with E-state index in [2.05, 4.69) is 93.7 Å². The zero-order valence-electron chi connectivity index (χ0n) is 44.2. The molecule has 0 aromatic heterocycles. The van der Waals surface area contributed by atoms with Gasteiger partial charge in [-0.25, -0.2) is 0 Å². The Labute approximate surface area is 414 Å². The molecule has 0 N–H and O–H groups in total. The average molecular weight is 936 g/mol. The van der Waals surface area contributed by atoms with Crippen molar-refractivity contribution in [2.24, 2.45) is 0 Å². The molecule has 0 bridgehead atoms. The van der Waals surface area contributed by atoms with E-state index in [-0.39, 0.29) is 31.1 Å². The van der Waals surface area contributed by atoms with Gasteiger partial charge in [-0.05, 0) is 109 Å². The van der Waals surface area contributed by atoms with Crippen LogP contribution in [0.25, 0.3) is 0 Å². The first-order valence-electron chi connectivity index (χ1n) is 28.4. The monoisotopic (exact) mass is 935 g/mol. The molecule has 0 aliphatic carbocycles. The SMILES string of the molecule is CC/C=C\C/C=C\C/C=C\CCCCCCCCC(=O)OC(COC(=O)CCCCCCC/C=C\CCCCCCCCC)COC(=O)CCCCCCCCC/C=C\C/C=C\CCCCC. The van der Waals surface area contributed by atoms with Crippen molar-refractivity contribution in [1.29, 1.82) is 0 Å². The highest BCUT2D eigenvalue weighted by Crippen LogP contribution is 2.15. The van der Waals surface area contributed by atoms with Crippen molar-refractivity contribution in [3.8, 4) is 0 Å². The molecular formula is C61H106O6. The summed E-state index contributed by atoms with van der Waals surface area (Å²) in [7, 11) is 0. The van der Waals surface area contributed by atoms with Gasteiger partial charge in [0.25, 0.3) is 0 Å². The number of esters is 3. The molecule has 386 valence electrons. The highest BCUT2D eigenvalue weighted by molar-refractivity contribution is 5.71. The number of allylic oxidation sites excluding steroid dienone is 12. The quantitative estimate of drug-likeness (QED) is 0.0262. The average Bonchev–Trinajstić information content (AvgIpc) is 3.33. The minimum atomic E-state index is -0.789. The van der Waals surface area contributed by atoms with Crippen molar-refractivity contribution in [3.05, 3.63) is 72.9 Å². The maximum atomic E-state index is 12.8. The number of rotatable bonds is 51. The van der Waals surface area contributed by atoms with E-state index >= 15 is 0 Å². The topological polar surface area (TPSA) is 78.9 Å². The Morgan fingerprint density at radius 2 is 0.582 bits per heavy atom. The van der Waals surface area contributed by atoms with Crippen LogP contribution in [-0.4, -0.2) is 37.2 Å². The summed E-state index contributed by atoms with van der Waals surface area (Å²) < 4.78 is 16.8. The van der Waals surface area contributed by atoms with Gasteiger partial charge in [0.2, 0.25) is 0 Å². The van der Waals surface area contributed by atoms with Gasteiger partial charge < -0.3 is 14.2 Å². The Morgan fingerprint density at radius 3 is 0.955 bits per heavy atom. The second-order valence-electron chi connectivity index (χ2n) is 18.8. The molecule has 1 unspecified atom stereocenters. The first-order chi connectivity index (χ1) is 33.0. The van der Waals surface area contributed by atoms with Crippen LogP contribution in [0.4, 0.5) is 0 Å². The van der Waals surface area contributed by atoms with E-state index in [4.69, 9.17) is 14.2 Å². The largest absolute Gasteiger partial charge is 0.462 e. The summed E-state index contributed by atoms with van der Waals surface area (Å²) in [5.74, 6) is -0.908. The first-order valence-corrected chi connectivity index (χ1v) is 28.4. The third-order valence-electron chi connectivity index (χ3n) is 12.2. The molecule has 1 atom stereocenters. The van der Waals surface area contributed by atoms with Gasteiger partial charge in [-0.1, -0.05) is 222 Å². The van der Waals surface area contributed by atoms with Crippen LogP contribution in [0, 0.1) is 0 Å². The maximum absolute atomic E-state index is 12.8. The second kappa shape index (κ2) is 55.4. The summed E-state index contributed by atoms with van der Waals surface area (Å²) in [4.78, 5) is 38.1. The predicted octanol–water partition coefficient (Wildman–Crippen LogP) is 19.0. The van der Waals surface area contributed by atoms with Gasteiger partial charge in [-0.15, -0.1) is 0 Å². The van der Waals surface area contributed by atoms with Gasteiger partial charge in [-0.3, -0.25) is 14.4 Å². The molecule has 0 aliphatic rings. The van der Waals surface area contributed by atoms with Crippen molar-refractivity contribution in [1.82, 2.24) is 0 Å². The number of unbranched alkanes of at least 4 members (excludes halogenated alkanes) is 28. The lowest BCUT2D eigenvalue weighted by Gasteiger charge is -2.18. The van der Waals surface area contributed by atoms with E-state index in [0.717, 1.165) is 109 Å². The van der Waals surface area contributed by atoms with E-state index < -0.39 is 6.10 Å². The first kappa shape index (κ1) is 63.8. The standard InChI is InChI=1S/C61H106O6/c1-4-7-10-13-16-19-22-25-28-31-34-36-39-42-45-48-51-54-60(63)66-57-58(67-61(64)55-52-49-46-43-40-37-33-30-27-24-21-18-15-12-9-6-3)56-65-59(62)53-50-47-44-41-38-35-32-29-26-23-20-17-14-11-8-5-2/h9,12,16,18-19,21,25,27-30,32,58H,4-8,10-11,13-15,17,20,22-24,26,31,33-57H2,1-3H3/b12-9-,19-16-,21-18-,28-25-,30-27-,32-29-. The van der Waals surface area contributed by atoms with Crippen molar-refractivity contribution in [2.75, 3.05) is 13.2 Å². The van der Waals surface area contributed by atoms with Gasteiger partial charge in [0.05, 0.1) is 0 Å². The number of carbonyl (C=O) groups excluding carboxylic acids is 3. The molecule has 6 heteroatoms. The summed E-state index contributed by atoms with van der Waals surface area (Å²) in [5.41, 5.74) is 0. The summed E-state index contributed by atoms with van der Waals surface area (Å²) in [6.07, 6.45) is 70.3. The minimum Gasteiger partial charge on any atom is -0.462 e. The van der Waals surface area contributed by atoms with Crippen LogP contribution in [-0.2, 0) is 28.6 Å². The van der Waals surface area contributed by atoms with Gasteiger partial charge in [0, 0.05) is 19.3 Å². The molecule has 0 aromatic rings. The van der Waals surface area contributed by atoms with E-state index in [9.17, 15) is 14.4 Å². The van der Waals surface area contributed by atoms with E-state index in [1.54, 1.807) is 0 Å². The zero-order valence-corrected chi connectivity index (χ0v) is 44.2. The van der Waals surface area contributed by atoms with Gasteiger partial charge in [0.1, 0.15) is 13.2 Å². The Balaban J connectivity index is 4.42. The number of hydrogen-bond donors (Lipinski definition) is 0. The molecule has 0 aliphatic heterocycles. The molecule has 0 spiro atoms. The van der Waals surface area contributed by atoms with E-state index in [0.29, 0.717) is 19.3 Å². The summed E-state index contributed by atoms with van der Waals surface area (Å²) in [6.45, 7) is 6.49. The van der Waals surface area contributed by atoms with Gasteiger partial charge >= 0.3 is 17.9 Å². The Hall–Kier alpha value is -3.15. The van der Waals surface area contributed by atoms with Gasteiger partial charge in [-0.2, -0.15) is 0 Å². The van der Waals surface area contributed by atoms with Crippen LogP contribution in [0.1, 0.15) is 278 Å². The van der Waals surface area contributed by atoms with Crippen LogP contribution >= 0.6 is 0 Å². The second-order valence-corrected chi connectivity index (χ2v) is 18.8. The lowest BCUT2D eigenvalue weighted by molar-refractivity contribution is -0.167. The lowest BCUT2D eigenvalue weighted by atomic mass is 10.1. The summed E-state index contributed by atoms with van der Waals surface area (Å²) in [6, 6.07) is 0. The van der Waals surface area contributed by atoms with Crippen LogP contribution in [0.2, 0.25) is 0 Å². The van der Waals surface area contributed by atoms with Gasteiger partial charge in [0.15, 0.2) is 6.10 Å². The predicted molar refractivity (Wildman–Crippen MR) is 288 cm³/mol. The van der Waals surface area contributed by atoms with Crippen molar-refractivity contribution in [2.45, 2.75) is 284 Å². The molecule has 0 saturated carbocycles. The van der Waals surface area contributed by atoms with Crippen LogP contribution in [0.5, 0.6) is 0 Å². The zero-order chi connectivity index (χ0) is 48.6. The van der Waals surface area contributed by atoms with Crippen molar-refractivity contribution >= 4 is 17.9 Å². The van der Waals surface area contributed by atoms with Crippen molar-refractivity contribution in [3.63, 3.8) is 0 Å². The third kappa shape index (κ3) is 53.7. The van der Waals surface area contributed by atoms with Crippen LogP contribution in [0.15, 0.2) is 72.9 Å². The molecule has 0 aromatic carbocycles. The van der Waals surface area contributed by atoms with E-state index in [1.807, 2.05) is 0 Å². The summed E-state index contributed by atoms with van der Waals surface area (Å²) in [5, 5.41) is 0. The highest BCUT2D eigenvalue weighted by Gasteiger charge is 2.19. The van der Waals surface area contributed by atoms with Crippen molar-refractivity contribution < 1.29 is 28.6 Å². The molecule has 0 fully saturated rings. The van der Waals surface area contributed by atoms with Crippen LogP contribution in [0.3, 0.4) is 0 Å². The highest BCUT2D eigenvalue weighted by atomic mass is 16.6. The fraction of sp³-hybridized carbons (Fsp3) is 0.754. The molecule has 0 heterocycles. The fourth-order valence-electron chi connectivity index (χ4n) is 7.89. The Kier molecular flexibility index (Phi) is 52.8. The number of ether oxygens (including phenoxy) is 3. The smallest absolute Gasteiger partial charge is 0.306 e. The molecule has 67 heavy (non-hydrogen) atoms. The minimum absolute atomic E-state index is 0.0872. The Bertz CT molecular complexity index is 1260. The van der Waals surface area contributed by atoms with E-state index in [1.165, 1.54) is 128 Å². The molecular weight excluding hydrogens is 829 g/mol.